The van der Waals surface area contributed by atoms with Gasteiger partial charge in [-0.3, -0.25) is 5.41 Å². The van der Waals surface area contributed by atoms with E-state index in [2.05, 4.69) is 10.3 Å². The SMILES string of the molecule is COc1cccc(NC(=Nc2ccc(Cl)cc2)n2sc(C)cc2=N)c1. The quantitative estimate of drug-likeness (QED) is 0.519. The predicted octanol–water partition coefficient (Wildman–Crippen LogP) is 4.65. The van der Waals surface area contributed by atoms with E-state index in [1.807, 2.05) is 43.3 Å². The number of halogens is 1. The highest BCUT2D eigenvalue weighted by Crippen LogP contribution is 2.20. The Hall–Kier alpha value is -2.57. The van der Waals surface area contributed by atoms with Gasteiger partial charge in [0.2, 0.25) is 5.96 Å². The van der Waals surface area contributed by atoms with Gasteiger partial charge in [0.1, 0.15) is 11.2 Å². The average Bonchev–Trinajstić information content (AvgIpc) is 2.95. The van der Waals surface area contributed by atoms with Gasteiger partial charge in [0.25, 0.3) is 0 Å². The molecule has 1 aromatic heterocycles. The summed E-state index contributed by atoms with van der Waals surface area (Å²) < 4.78 is 7.01. The van der Waals surface area contributed by atoms with Crippen LogP contribution in [0, 0.1) is 12.3 Å². The van der Waals surface area contributed by atoms with Crippen LogP contribution in [0.4, 0.5) is 11.4 Å². The molecule has 2 aromatic carbocycles. The number of aryl methyl sites for hydroxylation is 1. The number of hydrogen-bond donors (Lipinski definition) is 2. The maximum atomic E-state index is 8.17. The number of ether oxygens (including phenoxy) is 1. The Morgan fingerprint density at radius 2 is 1.96 bits per heavy atom. The third-order valence-electron chi connectivity index (χ3n) is 3.37. The van der Waals surface area contributed by atoms with E-state index >= 15 is 0 Å². The summed E-state index contributed by atoms with van der Waals surface area (Å²) in [6, 6.07) is 16.6. The molecule has 0 spiro atoms. The van der Waals surface area contributed by atoms with E-state index in [1.54, 1.807) is 29.3 Å². The van der Waals surface area contributed by atoms with Crippen molar-refractivity contribution in [1.29, 1.82) is 5.41 Å². The van der Waals surface area contributed by atoms with Gasteiger partial charge in [-0.15, -0.1) is 0 Å². The average molecular weight is 373 g/mol. The third kappa shape index (κ3) is 4.29. The van der Waals surface area contributed by atoms with Gasteiger partial charge in [-0.25, -0.2) is 8.95 Å². The molecule has 3 aromatic rings. The second-order valence-corrected chi connectivity index (χ2v) is 6.92. The van der Waals surface area contributed by atoms with Gasteiger partial charge < -0.3 is 10.1 Å². The number of nitrogens with one attached hydrogen (secondary N) is 2. The van der Waals surface area contributed by atoms with Crippen LogP contribution in [-0.4, -0.2) is 17.0 Å². The highest BCUT2D eigenvalue weighted by Gasteiger charge is 2.09. The maximum absolute atomic E-state index is 8.17. The maximum Gasteiger partial charge on any atom is 0.223 e. The van der Waals surface area contributed by atoms with Crippen LogP contribution in [0.5, 0.6) is 5.75 Å². The van der Waals surface area contributed by atoms with Gasteiger partial charge in [-0.05, 0) is 49.4 Å². The summed E-state index contributed by atoms with van der Waals surface area (Å²) in [5.74, 6) is 1.29. The van der Waals surface area contributed by atoms with Crippen molar-refractivity contribution in [3.05, 3.63) is 70.0 Å². The number of methoxy groups -OCH3 is 1. The Bertz CT molecular complexity index is 960. The zero-order valence-electron chi connectivity index (χ0n) is 13.8. The lowest BCUT2D eigenvalue weighted by atomic mass is 10.3. The zero-order chi connectivity index (χ0) is 17.8. The van der Waals surface area contributed by atoms with Crippen LogP contribution in [0.2, 0.25) is 5.02 Å². The molecule has 0 radical (unpaired) electrons. The molecule has 5 nitrogen and oxygen atoms in total. The first kappa shape index (κ1) is 17.3. The van der Waals surface area contributed by atoms with E-state index in [9.17, 15) is 0 Å². The van der Waals surface area contributed by atoms with Crippen LogP contribution < -0.4 is 15.5 Å². The molecular formula is C18H17ClN4OS. The molecule has 0 aliphatic carbocycles. The molecule has 25 heavy (non-hydrogen) atoms. The minimum absolute atomic E-state index is 0.366. The van der Waals surface area contributed by atoms with Gasteiger partial charge in [0.05, 0.1) is 12.8 Å². The van der Waals surface area contributed by atoms with Crippen molar-refractivity contribution in [2.45, 2.75) is 6.92 Å². The Kier molecular flexibility index (Phi) is 5.21. The second-order valence-electron chi connectivity index (χ2n) is 5.29. The molecule has 0 saturated heterocycles. The van der Waals surface area contributed by atoms with Crippen molar-refractivity contribution in [2.24, 2.45) is 4.99 Å². The predicted molar refractivity (Wildman–Crippen MR) is 103 cm³/mol. The van der Waals surface area contributed by atoms with E-state index < -0.39 is 0 Å². The normalized spacial score (nSPS) is 11.4. The molecule has 2 N–H and O–H groups in total. The van der Waals surface area contributed by atoms with Gasteiger partial charge >= 0.3 is 0 Å². The van der Waals surface area contributed by atoms with E-state index in [0.29, 0.717) is 16.5 Å². The van der Waals surface area contributed by atoms with Crippen LogP contribution in [0.15, 0.2) is 59.6 Å². The fourth-order valence-corrected chi connectivity index (χ4v) is 3.12. The Balaban J connectivity index is 2.03. The van der Waals surface area contributed by atoms with Crippen LogP contribution in [-0.2, 0) is 0 Å². The molecule has 0 aliphatic heterocycles. The van der Waals surface area contributed by atoms with E-state index in [-0.39, 0.29) is 0 Å². The molecule has 0 saturated carbocycles. The minimum atomic E-state index is 0.366. The monoisotopic (exact) mass is 372 g/mol. The Labute approximate surface area is 154 Å². The molecule has 0 aliphatic rings. The summed E-state index contributed by atoms with van der Waals surface area (Å²) >= 11 is 7.40. The number of aromatic nitrogens is 1. The molecule has 7 heteroatoms. The van der Waals surface area contributed by atoms with Gasteiger partial charge in [0.15, 0.2) is 0 Å². The summed E-state index contributed by atoms with van der Waals surface area (Å²) in [6.07, 6.45) is 0. The van der Waals surface area contributed by atoms with Crippen LogP contribution in [0.3, 0.4) is 0 Å². The van der Waals surface area contributed by atoms with Gasteiger partial charge in [0, 0.05) is 21.7 Å². The van der Waals surface area contributed by atoms with Crippen molar-refractivity contribution in [3.8, 4) is 5.75 Å². The van der Waals surface area contributed by atoms with Crippen molar-refractivity contribution >= 4 is 40.5 Å². The smallest absolute Gasteiger partial charge is 0.223 e. The molecule has 3 rings (SSSR count). The topological polar surface area (TPSA) is 62.4 Å². The standard InChI is InChI=1S/C18H17ClN4OS/c1-12-10-17(20)23(25-12)18(21-14-8-6-13(19)7-9-14)22-15-4-3-5-16(11-15)24-2/h3-11,20H,1-2H3,(H,21,22). The van der Waals surface area contributed by atoms with Crippen molar-refractivity contribution in [1.82, 2.24) is 3.96 Å². The third-order valence-corrected chi connectivity index (χ3v) is 4.58. The number of aliphatic imine (C=N–C) groups is 1. The molecule has 0 unspecified atom stereocenters. The molecule has 0 atom stereocenters. The second kappa shape index (κ2) is 7.55. The highest BCUT2D eigenvalue weighted by atomic mass is 35.5. The lowest BCUT2D eigenvalue weighted by molar-refractivity contribution is 0.415. The van der Waals surface area contributed by atoms with Gasteiger partial charge in [-0.1, -0.05) is 29.2 Å². The number of nitrogens with zero attached hydrogens (tertiary/aromatic N) is 2. The first-order chi connectivity index (χ1) is 12.0. The fraction of sp³-hybridized carbons (Fsp3) is 0.111. The summed E-state index contributed by atoms with van der Waals surface area (Å²) in [4.78, 5) is 5.68. The van der Waals surface area contributed by atoms with E-state index in [4.69, 9.17) is 21.7 Å². The van der Waals surface area contributed by atoms with Gasteiger partial charge in [-0.2, -0.15) is 0 Å². The fourth-order valence-electron chi connectivity index (χ4n) is 2.22. The lowest BCUT2D eigenvalue weighted by Gasteiger charge is -2.11. The molecule has 0 amide bonds. The number of anilines is 1. The van der Waals surface area contributed by atoms with E-state index in [1.165, 1.54) is 11.5 Å². The lowest BCUT2D eigenvalue weighted by Crippen LogP contribution is -2.28. The Morgan fingerprint density at radius 3 is 2.60 bits per heavy atom. The van der Waals surface area contributed by atoms with Crippen molar-refractivity contribution < 1.29 is 4.74 Å². The number of hydrogen-bond acceptors (Lipinski definition) is 4. The van der Waals surface area contributed by atoms with Crippen molar-refractivity contribution in [2.75, 3.05) is 12.4 Å². The summed E-state index contributed by atoms with van der Waals surface area (Å²) in [7, 11) is 1.63. The zero-order valence-corrected chi connectivity index (χ0v) is 15.4. The molecule has 128 valence electrons. The largest absolute Gasteiger partial charge is 0.497 e. The minimum Gasteiger partial charge on any atom is -0.497 e. The number of benzene rings is 2. The summed E-state index contributed by atoms with van der Waals surface area (Å²) in [5, 5.41) is 12.1. The summed E-state index contributed by atoms with van der Waals surface area (Å²) in [6.45, 7) is 1.96. The first-order valence-corrected chi connectivity index (χ1v) is 8.70. The van der Waals surface area contributed by atoms with Crippen LogP contribution in [0.25, 0.3) is 0 Å². The number of rotatable bonds is 3. The molecular weight excluding hydrogens is 356 g/mol. The van der Waals surface area contributed by atoms with Crippen molar-refractivity contribution in [3.63, 3.8) is 0 Å². The summed E-state index contributed by atoms with van der Waals surface area (Å²) in [5.41, 5.74) is 1.93. The molecule has 0 bridgehead atoms. The van der Waals surface area contributed by atoms with E-state index in [0.717, 1.165) is 22.0 Å². The Morgan fingerprint density at radius 1 is 1.20 bits per heavy atom. The molecule has 1 heterocycles. The molecule has 0 fully saturated rings. The highest BCUT2D eigenvalue weighted by molar-refractivity contribution is 7.07. The first-order valence-electron chi connectivity index (χ1n) is 7.55. The van der Waals surface area contributed by atoms with Crippen LogP contribution >= 0.6 is 23.1 Å². The van der Waals surface area contributed by atoms with Crippen LogP contribution in [0.1, 0.15) is 4.88 Å².